The van der Waals surface area contributed by atoms with E-state index in [4.69, 9.17) is 0 Å². The van der Waals surface area contributed by atoms with Crippen LogP contribution in [0.5, 0.6) is 0 Å². The molecule has 0 aliphatic rings. The zero-order chi connectivity index (χ0) is 17.6. The lowest BCUT2D eigenvalue weighted by Crippen LogP contribution is -2.38. The van der Waals surface area contributed by atoms with Crippen LogP contribution in [0.4, 0.5) is 13.2 Å². The smallest absolute Gasteiger partial charge is 0.357 e. The van der Waals surface area contributed by atoms with Crippen molar-refractivity contribution in [1.82, 2.24) is 15.6 Å². The number of hydrogen-bond acceptors (Lipinski definition) is 4. The highest BCUT2D eigenvalue weighted by molar-refractivity contribution is 14.0. The molecule has 140 valence electrons. The summed E-state index contributed by atoms with van der Waals surface area (Å²) in [4.78, 5) is 9.22. The van der Waals surface area contributed by atoms with Gasteiger partial charge in [-0.15, -0.1) is 46.7 Å². The van der Waals surface area contributed by atoms with Crippen LogP contribution in [0.15, 0.2) is 27.9 Å². The Hall–Kier alpha value is -0.880. The fourth-order valence-corrected chi connectivity index (χ4v) is 3.48. The van der Waals surface area contributed by atoms with E-state index >= 15 is 0 Å². The number of nitrogens with zero attached hydrogens (tertiary/aromatic N) is 2. The minimum Gasteiger partial charge on any atom is -0.357 e. The quantitative estimate of drug-likeness (QED) is 0.341. The van der Waals surface area contributed by atoms with Crippen molar-refractivity contribution in [1.29, 1.82) is 0 Å². The van der Waals surface area contributed by atoms with Crippen LogP contribution in [0.2, 0.25) is 0 Å². The maximum Gasteiger partial charge on any atom is 0.434 e. The third-order valence-electron chi connectivity index (χ3n) is 3.11. The molecule has 0 aromatic carbocycles. The van der Waals surface area contributed by atoms with Gasteiger partial charge in [-0.05, 0) is 25.3 Å². The first-order valence-corrected chi connectivity index (χ1v) is 9.26. The first-order chi connectivity index (χ1) is 11.4. The number of halogens is 4. The number of thiophene rings is 1. The van der Waals surface area contributed by atoms with E-state index in [1.165, 1.54) is 4.88 Å². The molecule has 1 atom stereocenters. The molecule has 0 aliphatic carbocycles. The normalized spacial score (nSPS) is 13.2. The maximum atomic E-state index is 12.5. The van der Waals surface area contributed by atoms with Gasteiger partial charge in [-0.1, -0.05) is 6.07 Å². The van der Waals surface area contributed by atoms with E-state index in [1.807, 2.05) is 31.4 Å². The van der Waals surface area contributed by atoms with Gasteiger partial charge >= 0.3 is 6.18 Å². The monoisotopic (exact) mass is 504 g/mol. The molecular weight excluding hydrogens is 484 g/mol. The van der Waals surface area contributed by atoms with Gasteiger partial charge in [-0.3, -0.25) is 4.99 Å². The number of thiazole rings is 1. The summed E-state index contributed by atoms with van der Waals surface area (Å²) in [7, 11) is 0. The minimum absolute atomic E-state index is 0. The van der Waals surface area contributed by atoms with Crippen molar-refractivity contribution in [2.75, 3.05) is 13.1 Å². The van der Waals surface area contributed by atoms with Gasteiger partial charge < -0.3 is 10.6 Å². The van der Waals surface area contributed by atoms with Crippen molar-refractivity contribution in [3.8, 4) is 0 Å². The Morgan fingerprint density at radius 3 is 2.68 bits per heavy atom. The van der Waals surface area contributed by atoms with Gasteiger partial charge in [0.15, 0.2) is 11.7 Å². The molecule has 0 aliphatic heterocycles. The van der Waals surface area contributed by atoms with Crippen LogP contribution >= 0.6 is 46.7 Å². The van der Waals surface area contributed by atoms with Gasteiger partial charge in [0.2, 0.25) is 0 Å². The van der Waals surface area contributed by atoms with Crippen LogP contribution < -0.4 is 10.6 Å². The number of aliphatic imine (C=N–C) groups is 1. The second-order valence-electron chi connectivity index (χ2n) is 5.02. The van der Waals surface area contributed by atoms with Gasteiger partial charge in [0.05, 0.1) is 11.0 Å². The molecule has 25 heavy (non-hydrogen) atoms. The maximum absolute atomic E-state index is 12.5. The molecule has 0 fully saturated rings. The molecule has 2 heterocycles. The molecular formula is C15H20F3IN4S2. The number of aromatic nitrogens is 1. The second-order valence-corrected chi connectivity index (χ2v) is 6.94. The average Bonchev–Trinajstić information content (AvgIpc) is 3.18. The highest BCUT2D eigenvalue weighted by Gasteiger charge is 2.33. The molecule has 2 aromatic rings. The Kier molecular flexibility index (Phi) is 9.14. The molecule has 0 saturated heterocycles. The highest BCUT2D eigenvalue weighted by atomic mass is 127. The molecule has 1 unspecified atom stereocenters. The van der Waals surface area contributed by atoms with E-state index in [2.05, 4.69) is 20.6 Å². The first kappa shape index (κ1) is 22.2. The fraction of sp³-hybridized carbons (Fsp3) is 0.467. The van der Waals surface area contributed by atoms with Gasteiger partial charge in [0.25, 0.3) is 0 Å². The lowest BCUT2D eigenvalue weighted by atomic mass is 10.3. The van der Waals surface area contributed by atoms with E-state index in [1.54, 1.807) is 11.3 Å². The SMILES string of the molecule is CCNC(=NCCc1nc(C(F)(F)F)cs1)NC(C)c1cccs1.I. The second kappa shape index (κ2) is 10.3. The van der Waals surface area contributed by atoms with E-state index in [0.29, 0.717) is 30.5 Å². The predicted octanol–water partition coefficient (Wildman–Crippen LogP) is 4.70. The van der Waals surface area contributed by atoms with Gasteiger partial charge in [0.1, 0.15) is 0 Å². The van der Waals surface area contributed by atoms with Crippen LogP contribution in [-0.4, -0.2) is 24.0 Å². The van der Waals surface area contributed by atoms with Gasteiger partial charge in [-0.25, -0.2) is 4.98 Å². The number of nitrogens with one attached hydrogen (secondary N) is 2. The molecule has 2 aromatic heterocycles. The zero-order valence-corrected chi connectivity index (χ0v) is 17.7. The Morgan fingerprint density at radius 1 is 1.36 bits per heavy atom. The Labute approximate surface area is 170 Å². The first-order valence-electron chi connectivity index (χ1n) is 7.50. The summed E-state index contributed by atoms with van der Waals surface area (Å²) in [6.07, 6.45) is -4.00. The Balaban J connectivity index is 0.00000312. The van der Waals surface area contributed by atoms with Crippen molar-refractivity contribution in [2.24, 2.45) is 4.99 Å². The zero-order valence-electron chi connectivity index (χ0n) is 13.8. The minimum atomic E-state index is -4.38. The number of guanidine groups is 1. The number of rotatable bonds is 6. The van der Waals surface area contributed by atoms with E-state index < -0.39 is 11.9 Å². The third kappa shape index (κ3) is 7.10. The molecule has 0 amide bonds. The number of hydrogen-bond donors (Lipinski definition) is 2. The predicted molar refractivity (Wildman–Crippen MR) is 108 cm³/mol. The number of alkyl halides is 3. The Morgan fingerprint density at radius 2 is 2.12 bits per heavy atom. The van der Waals surface area contributed by atoms with Crippen molar-refractivity contribution in [3.05, 3.63) is 38.5 Å². The summed E-state index contributed by atoms with van der Waals surface area (Å²) in [5.41, 5.74) is -0.831. The van der Waals surface area contributed by atoms with E-state index in [9.17, 15) is 13.2 Å². The average molecular weight is 504 g/mol. The summed E-state index contributed by atoms with van der Waals surface area (Å²) in [6.45, 7) is 5.08. The largest absolute Gasteiger partial charge is 0.434 e. The molecule has 0 spiro atoms. The lowest BCUT2D eigenvalue weighted by Gasteiger charge is -2.16. The van der Waals surface area contributed by atoms with Gasteiger partial charge in [0, 0.05) is 29.8 Å². The van der Waals surface area contributed by atoms with Crippen LogP contribution in [0.1, 0.15) is 35.5 Å². The molecule has 0 saturated carbocycles. The summed E-state index contributed by atoms with van der Waals surface area (Å²) in [6, 6.07) is 4.14. The summed E-state index contributed by atoms with van der Waals surface area (Å²) < 4.78 is 37.6. The molecule has 0 bridgehead atoms. The van der Waals surface area contributed by atoms with Crippen molar-refractivity contribution in [3.63, 3.8) is 0 Å². The van der Waals surface area contributed by atoms with Crippen molar-refractivity contribution < 1.29 is 13.2 Å². The fourth-order valence-electron chi connectivity index (χ4n) is 1.95. The summed E-state index contributed by atoms with van der Waals surface area (Å²) >= 11 is 2.67. The van der Waals surface area contributed by atoms with Crippen molar-refractivity contribution in [2.45, 2.75) is 32.5 Å². The summed E-state index contributed by atoms with van der Waals surface area (Å²) in [5, 5.41) is 9.92. The molecule has 4 nitrogen and oxygen atoms in total. The molecule has 2 N–H and O–H groups in total. The molecule has 2 rings (SSSR count). The molecule has 0 radical (unpaired) electrons. The van der Waals surface area contributed by atoms with Gasteiger partial charge in [-0.2, -0.15) is 13.2 Å². The summed E-state index contributed by atoms with van der Waals surface area (Å²) in [5.74, 6) is 0.644. The lowest BCUT2D eigenvalue weighted by molar-refractivity contribution is -0.140. The molecule has 10 heteroatoms. The standard InChI is InChI=1S/C15H19F3N4S2.HI/c1-3-19-14(21-10(2)11-5-4-8-23-11)20-7-6-13-22-12(9-24-13)15(16,17)18;/h4-5,8-10H,3,6-7H2,1-2H3,(H2,19,20,21);1H. The van der Waals surface area contributed by atoms with E-state index in [0.717, 1.165) is 16.7 Å². The van der Waals surface area contributed by atoms with E-state index in [-0.39, 0.29) is 30.0 Å². The highest BCUT2D eigenvalue weighted by Crippen LogP contribution is 2.30. The topological polar surface area (TPSA) is 49.3 Å². The van der Waals surface area contributed by atoms with Crippen LogP contribution in [0, 0.1) is 0 Å². The van der Waals surface area contributed by atoms with Crippen LogP contribution in [0.3, 0.4) is 0 Å². The van der Waals surface area contributed by atoms with Crippen LogP contribution in [-0.2, 0) is 12.6 Å². The van der Waals surface area contributed by atoms with Crippen molar-refractivity contribution >= 4 is 52.6 Å². The Bertz CT molecular complexity index is 656. The van der Waals surface area contributed by atoms with Crippen LogP contribution in [0.25, 0.3) is 0 Å². The third-order valence-corrected chi connectivity index (χ3v) is 5.07.